The van der Waals surface area contributed by atoms with Crippen molar-refractivity contribution >= 4 is 131 Å². The summed E-state index contributed by atoms with van der Waals surface area (Å²) in [5, 5.41) is 2.32. The molecule has 0 spiro atoms. The zero-order valence-electron chi connectivity index (χ0n) is 40.0. The molecule has 0 bridgehead atoms. The quantitative estimate of drug-likeness (QED) is 0.148. The molecular formula is C66H42B2N4OS. The third-order valence-electron chi connectivity index (χ3n) is 15.6. The molecule has 74 heavy (non-hydrogen) atoms. The van der Waals surface area contributed by atoms with E-state index in [0.29, 0.717) is 0 Å². The fourth-order valence-corrected chi connectivity index (χ4v) is 13.9. The molecule has 5 heterocycles. The van der Waals surface area contributed by atoms with Crippen LogP contribution in [0.1, 0.15) is 0 Å². The summed E-state index contributed by atoms with van der Waals surface area (Å²) in [5.74, 6) is 1.78. The van der Waals surface area contributed by atoms with Crippen molar-refractivity contribution in [1.82, 2.24) is 4.57 Å². The second-order valence-electron chi connectivity index (χ2n) is 19.6. The average Bonchev–Trinajstić information content (AvgIpc) is 3.87. The van der Waals surface area contributed by atoms with Gasteiger partial charge in [-0.1, -0.05) is 169 Å². The lowest BCUT2D eigenvalue weighted by atomic mass is 9.31. The molecule has 12 aromatic rings. The largest absolute Gasteiger partial charge is 0.458 e. The molecule has 0 radical (unpaired) electrons. The van der Waals surface area contributed by atoms with Crippen molar-refractivity contribution in [2.75, 3.05) is 14.7 Å². The summed E-state index contributed by atoms with van der Waals surface area (Å²) in [4.78, 5) is 9.77. The number of anilines is 9. The summed E-state index contributed by atoms with van der Waals surface area (Å²) in [6, 6.07) is 93.0. The molecular weight excluding hydrogens is 918 g/mol. The Morgan fingerprint density at radius 3 is 1.57 bits per heavy atom. The Hall–Kier alpha value is -9.10. The van der Waals surface area contributed by atoms with Gasteiger partial charge in [0.1, 0.15) is 11.5 Å². The number of rotatable bonds is 7. The first-order valence-corrected chi connectivity index (χ1v) is 26.2. The van der Waals surface area contributed by atoms with Crippen molar-refractivity contribution in [3.8, 4) is 17.2 Å². The summed E-state index contributed by atoms with van der Waals surface area (Å²) in [6.45, 7) is -0.147. The van der Waals surface area contributed by atoms with Gasteiger partial charge in [0.25, 0.3) is 6.71 Å². The molecule has 344 valence electrons. The van der Waals surface area contributed by atoms with Crippen molar-refractivity contribution in [3.63, 3.8) is 0 Å². The van der Waals surface area contributed by atoms with Crippen molar-refractivity contribution < 1.29 is 4.74 Å². The molecule has 5 nitrogen and oxygen atoms in total. The van der Waals surface area contributed by atoms with E-state index >= 15 is 0 Å². The minimum atomic E-state index is -0.125. The van der Waals surface area contributed by atoms with Crippen molar-refractivity contribution in [2.24, 2.45) is 0 Å². The van der Waals surface area contributed by atoms with Gasteiger partial charge in [-0.25, -0.2) is 0 Å². The predicted octanol–water partition coefficient (Wildman–Crippen LogP) is 13.4. The zero-order chi connectivity index (χ0) is 48.4. The molecule has 0 amide bonds. The molecule has 0 atom stereocenters. The fourth-order valence-electron chi connectivity index (χ4n) is 12.7. The second kappa shape index (κ2) is 16.2. The van der Waals surface area contributed by atoms with E-state index in [1.54, 1.807) is 0 Å². The number of aromatic nitrogens is 1. The lowest BCUT2D eigenvalue weighted by Gasteiger charge is -2.42. The van der Waals surface area contributed by atoms with Gasteiger partial charge in [0, 0.05) is 77.8 Å². The first-order valence-electron chi connectivity index (χ1n) is 25.4. The average molecular weight is 961 g/mol. The molecule has 0 fully saturated rings. The van der Waals surface area contributed by atoms with Crippen molar-refractivity contribution in [1.29, 1.82) is 0 Å². The first-order chi connectivity index (χ1) is 36.7. The van der Waals surface area contributed by atoms with E-state index < -0.39 is 0 Å². The summed E-state index contributed by atoms with van der Waals surface area (Å²) in [7, 11) is 0. The molecule has 0 N–H and O–H groups in total. The van der Waals surface area contributed by atoms with Crippen molar-refractivity contribution in [2.45, 2.75) is 9.79 Å². The molecule has 0 saturated carbocycles. The van der Waals surface area contributed by atoms with Crippen LogP contribution in [0.3, 0.4) is 0 Å². The van der Waals surface area contributed by atoms with E-state index in [-0.39, 0.29) is 13.4 Å². The SMILES string of the molecule is c1ccc(N(c2ccccc2)c2cc3c4c(c2)N(c2ccccc2)c2ccccc2B4c2cc4c5c(c2O3)c2ccccc2n5-c2cc(N(c3ccccc3)c3ccccc3)cc3c2B4c2ccccc2S3)cc1. The van der Waals surface area contributed by atoms with Gasteiger partial charge >= 0.3 is 0 Å². The van der Waals surface area contributed by atoms with Gasteiger partial charge in [-0.15, -0.1) is 0 Å². The zero-order valence-corrected chi connectivity index (χ0v) is 40.8. The van der Waals surface area contributed by atoms with E-state index in [4.69, 9.17) is 4.74 Å². The predicted molar refractivity (Wildman–Crippen MR) is 311 cm³/mol. The van der Waals surface area contributed by atoms with Gasteiger partial charge in [-0.2, -0.15) is 0 Å². The van der Waals surface area contributed by atoms with Gasteiger partial charge in [0.2, 0.25) is 6.71 Å². The molecule has 0 saturated heterocycles. The third kappa shape index (κ3) is 6.03. The molecule has 0 aliphatic carbocycles. The number of fused-ring (bicyclic) bond motifs is 12. The van der Waals surface area contributed by atoms with E-state index in [1.807, 2.05) is 11.8 Å². The standard InChI is InChI=1S/C66H42B2N4OS/c1-6-22-43(23-7-1)69(44-24-8-2-9-25-44)48-38-57-63-59(40-48)73-66-54(67(63)51-33-17-20-36-56(51)71(57)47-30-14-5-15-31-47)42-53-65-62(66)50-32-16-19-35-55(50)72(65)58-39-49(41-61-64(58)68(53)52-34-18-21-37-60(52)74-61)70(45-26-10-3-11-27-45)46-28-12-4-13-29-46/h1-42H. The summed E-state index contributed by atoms with van der Waals surface area (Å²) >= 11 is 1.89. The maximum Gasteiger partial charge on any atom is 0.256 e. The maximum atomic E-state index is 7.81. The Morgan fingerprint density at radius 1 is 0.378 bits per heavy atom. The lowest BCUT2D eigenvalue weighted by Crippen LogP contribution is -2.63. The van der Waals surface area contributed by atoms with Crippen LogP contribution >= 0.6 is 11.8 Å². The highest BCUT2D eigenvalue weighted by Gasteiger charge is 2.47. The first kappa shape index (κ1) is 41.5. The van der Waals surface area contributed by atoms with Crippen LogP contribution in [0.15, 0.2) is 265 Å². The van der Waals surface area contributed by atoms with Crippen LogP contribution in [0.25, 0.3) is 27.5 Å². The van der Waals surface area contributed by atoms with Crippen LogP contribution in [0.5, 0.6) is 11.5 Å². The number of ether oxygens (including phenoxy) is 1. The van der Waals surface area contributed by atoms with E-state index in [2.05, 4.69) is 274 Å². The Balaban J connectivity index is 1.01. The summed E-state index contributed by atoms with van der Waals surface area (Å²) < 4.78 is 10.4. The normalized spacial score (nSPS) is 13.1. The molecule has 16 rings (SSSR count). The Bertz CT molecular complexity index is 4150. The van der Waals surface area contributed by atoms with Crippen LogP contribution in [0.4, 0.5) is 51.2 Å². The van der Waals surface area contributed by atoms with Crippen LogP contribution in [0, 0.1) is 0 Å². The number of nitrogens with zero attached hydrogens (tertiary/aromatic N) is 4. The third-order valence-corrected chi connectivity index (χ3v) is 16.7. The highest BCUT2D eigenvalue weighted by molar-refractivity contribution is 8.00. The van der Waals surface area contributed by atoms with Gasteiger partial charge in [0.05, 0.1) is 16.7 Å². The summed E-state index contributed by atoms with van der Waals surface area (Å²) in [5.41, 5.74) is 21.0. The molecule has 1 aromatic heterocycles. The van der Waals surface area contributed by atoms with Gasteiger partial charge < -0.3 is 24.0 Å². The number of para-hydroxylation sites is 7. The smallest absolute Gasteiger partial charge is 0.256 e. The van der Waals surface area contributed by atoms with E-state index in [9.17, 15) is 0 Å². The maximum absolute atomic E-state index is 7.81. The molecule has 11 aromatic carbocycles. The lowest BCUT2D eigenvalue weighted by molar-refractivity contribution is 0.493. The minimum Gasteiger partial charge on any atom is -0.458 e. The topological polar surface area (TPSA) is 23.9 Å². The van der Waals surface area contributed by atoms with Crippen molar-refractivity contribution in [3.05, 3.63) is 255 Å². The minimum absolute atomic E-state index is 0.0220. The molecule has 8 heteroatoms. The highest BCUT2D eigenvalue weighted by atomic mass is 32.2. The Kier molecular flexibility index (Phi) is 9.09. The fraction of sp³-hybridized carbons (Fsp3) is 0. The Labute approximate surface area is 434 Å². The number of benzene rings is 11. The molecule has 0 unspecified atom stereocenters. The summed E-state index contributed by atoms with van der Waals surface area (Å²) in [6.07, 6.45) is 0. The van der Waals surface area contributed by atoms with Crippen LogP contribution < -0.4 is 52.2 Å². The van der Waals surface area contributed by atoms with Crippen LogP contribution in [0.2, 0.25) is 0 Å². The molecule has 4 aliphatic rings. The van der Waals surface area contributed by atoms with E-state index in [0.717, 1.165) is 73.6 Å². The van der Waals surface area contributed by atoms with E-state index in [1.165, 1.54) is 59.2 Å². The number of hydrogen-bond donors (Lipinski definition) is 0. The van der Waals surface area contributed by atoms with Crippen LogP contribution in [-0.2, 0) is 0 Å². The second-order valence-corrected chi connectivity index (χ2v) is 20.6. The molecule has 4 aliphatic heterocycles. The monoisotopic (exact) mass is 960 g/mol. The number of hydrogen-bond acceptors (Lipinski definition) is 5. The highest BCUT2D eigenvalue weighted by Crippen LogP contribution is 2.50. The van der Waals surface area contributed by atoms with Gasteiger partial charge in [-0.05, 0) is 124 Å². The van der Waals surface area contributed by atoms with Gasteiger partial charge in [0.15, 0.2) is 0 Å². The Morgan fingerprint density at radius 2 is 0.905 bits per heavy atom. The van der Waals surface area contributed by atoms with Crippen LogP contribution in [-0.4, -0.2) is 18.0 Å². The van der Waals surface area contributed by atoms with Gasteiger partial charge in [-0.3, -0.25) is 0 Å².